The molecular weight excluding hydrogens is 124 g/mol. The van der Waals surface area contributed by atoms with Gasteiger partial charge < -0.3 is 0 Å². The van der Waals surface area contributed by atoms with Crippen LogP contribution in [0.5, 0.6) is 0 Å². The Kier molecular flexibility index (Phi) is 2.78. The second-order valence-corrected chi connectivity index (χ2v) is 3.76. The van der Waals surface area contributed by atoms with Crippen LogP contribution < -0.4 is 0 Å². The maximum Gasteiger partial charge on any atom is 0.0918 e. The lowest BCUT2D eigenvalue weighted by Gasteiger charge is -2.15. The zero-order valence-electron chi connectivity index (χ0n) is 5.57. The van der Waals surface area contributed by atoms with Crippen molar-refractivity contribution in [1.29, 1.82) is 0 Å². The Morgan fingerprint density at radius 1 is 1.62 bits per heavy atom. The first-order valence-corrected chi connectivity index (χ1v) is 3.14. The standard InChI is InChI=1S/C6H12ClO/c1-5(8)4-6(2,3)7/h5H,4H2,1-3H3. The van der Waals surface area contributed by atoms with E-state index in [-0.39, 0.29) is 4.87 Å². The largest absolute Gasteiger partial charge is 0.233 e. The molecular formula is C6H12ClO. The van der Waals surface area contributed by atoms with Crippen LogP contribution in [0.4, 0.5) is 0 Å². The molecule has 0 saturated carbocycles. The van der Waals surface area contributed by atoms with Gasteiger partial charge in [0.15, 0.2) is 0 Å². The van der Waals surface area contributed by atoms with Gasteiger partial charge in [0.2, 0.25) is 0 Å². The summed E-state index contributed by atoms with van der Waals surface area (Å²) < 4.78 is 0. The van der Waals surface area contributed by atoms with Crippen LogP contribution in [0, 0.1) is 0 Å². The highest BCUT2D eigenvalue weighted by atomic mass is 35.5. The van der Waals surface area contributed by atoms with Gasteiger partial charge in [-0.15, -0.1) is 11.6 Å². The summed E-state index contributed by atoms with van der Waals surface area (Å²) in [6, 6.07) is 0. The molecule has 0 saturated heterocycles. The molecule has 0 aliphatic carbocycles. The summed E-state index contributed by atoms with van der Waals surface area (Å²) in [5, 5.41) is 10.5. The van der Waals surface area contributed by atoms with Gasteiger partial charge in [-0.25, -0.2) is 5.11 Å². The van der Waals surface area contributed by atoms with Gasteiger partial charge in [-0.1, -0.05) is 0 Å². The topological polar surface area (TPSA) is 19.9 Å². The maximum absolute atomic E-state index is 10.5. The van der Waals surface area contributed by atoms with Crippen LogP contribution in [0.1, 0.15) is 27.2 Å². The van der Waals surface area contributed by atoms with Crippen molar-refractivity contribution in [2.24, 2.45) is 0 Å². The third-order valence-electron chi connectivity index (χ3n) is 0.773. The van der Waals surface area contributed by atoms with Crippen molar-refractivity contribution >= 4 is 11.6 Å². The summed E-state index contributed by atoms with van der Waals surface area (Å²) in [5.41, 5.74) is 0. The first-order valence-electron chi connectivity index (χ1n) is 2.76. The molecule has 0 fully saturated rings. The molecule has 1 atom stereocenters. The first-order chi connectivity index (χ1) is 3.42. The van der Waals surface area contributed by atoms with Crippen LogP contribution in [0.25, 0.3) is 0 Å². The van der Waals surface area contributed by atoms with Crippen molar-refractivity contribution in [3.8, 4) is 0 Å². The van der Waals surface area contributed by atoms with Gasteiger partial charge in [-0.3, -0.25) is 0 Å². The van der Waals surface area contributed by atoms with Gasteiger partial charge in [0.05, 0.1) is 6.10 Å². The second-order valence-electron chi connectivity index (χ2n) is 2.73. The van der Waals surface area contributed by atoms with Crippen LogP contribution in [-0.4, -0.2) is 11.0 Å². The van der Waals surface area contributed by atoms with E-state index in [0.717, 1.165) is 0 Å². The molecule has 2 heteroatoms. The van der Waals surface area contributed by atoms with E-state index in [0.29, 0.717) is 6.42 Å². The second kappa shape index (κ2) is 2.70. The Labute approximate surface area is 55.7 Å². The van der Waals surface area contributed by atoms with E-state index in [1.807, 2.05) is 13.8 Å². The predicted octanol–water partition coefficient (Wildman–Crippen LogP) is 2.21. The molecule has 0 aliphatic rings. The van der Waals surface area contributed by atoms with E-state index in [4.69, 9.17) is 11.6 Å². The molecule has 0 aromatic rings. The van der Waals surface area contributed by atoms with Gasteiger partial charge in [0, 0.05) is 4.87 Å². The summed E-state index contributed by atoms with van der Waals surface area (Å²) in [6.07, 6.45) is -0.00309. The fourth-order valence-corrected chi connectivity index (χ4v) is 0.901. The van der Waals surface area contributed by atoms with Gasteiger partial charge in [-0.05, 0) is 27.2 Å². The highest BCUT2D eigenvalue weighted by Crippen LogP contribution is 2.19. The number of alkyl halides is 1. The van der Waals surface area contributed by atoms with E-state index in [1.165, 1.54) is 0 Å². The van der Waals surface area contributed by atoms with Crippen LogP contribution in [-0.2, 0) is 5.11 Å². The van der Waals surface area contributed by atoms with E-state index < -0.39 is 6.10 Å². The highest BCUT2D eigenvalue weighted by molar-refractivity contribution is 6.23. The monoisotopic (exact) mass is 135 g/mol. The quantitative estimate of drug-likeness (QED) is 0.518. The van der Waals surface area contributed by atoms with Crippen molar-refractivity contribution in [2.75, 3.05) is 0 Å². The van der Waals surface area contributed by atoms with Gasteiger partial charge >= 0.3 is 0 Å². The predicted molar refractivity (Wildman–Crippen MR) is 34.7 cm³/mol. The van der Waals surface area contributed by atoms with Crippen molar-refractivity contribution in [1.82, 2.24) is 0 Å². The number of rotatable bonds is 2. The molecule has 0 heterocycles. The average molecular weight is 136 g/mol. The molecule has 1 radical (unpaired) electrons. The van der Waals surface area contributed by atoms with Crippen molar-refractivity contribution in [3.63, 3.8) is 0 Å². The summed E-state index contributed by atoms with van der Waals surface area (Å²) in [7, 11) is 0. The Morgan fingerprint density at radius 2 is 2.00 bits per heavy atom. The van der Waals surface area contributed by atoms with Gasteiger partial charge in [0.25, 0.3) is 0 Å². The SMILES string of the molecule is CC([O])CC(C)(C)Cl. The Balaban J connectivity index is 3.39. The summed E-state index contributed by atoms with van der Waals surface area (Å²) in [5.74, 6) is 0. The molecule has 1 unspecified atom stereocenters. The lowest BCUT2D eigenvalue weighted by Crippen LogP contribution is -2.16. The fraction of sp³-hybridized carbons (Fsp3) is 1.00. The molecule has 0 rings (SSSR count). The summed E-state index contributed by atoms with van der Waals surface area (Å²) >= 11 is 5.73. The Hall–Kier alpha value is 0.250. The van der Waals surface area contributed by atoms with E-state index >= 15 is 0 Å². The zero-order chi connectivity index (χ0) is 6.78. The highest BCUT2D eigenvalue weighted by Gasteiger charge is 2.16. The number of hydrogen-bond donors (Lipinski definition) is 0. The molecule has 0 aliphatic heterocycles. The summed E-state index contributed by atoms with van der Waals surface area (Å²) in [6.45, 7) is 5.33. The maximum atomic E-state index is 10.5. The molecule has 49 valence electrons. The minimum atomic E-state index is -0.539. The minimum Gasteiger partial charge on any atom is -0.233 e. The van der Waals surface area contributed by atoms with E-state index in [9.17, 15) is 5.11 Å². The van der Waals surface area contributed by atoms with E-state index in [2.05, 4.69) is 0 Å². The molecule has 0 spiro atoms. The smallest absolute Gasteiger partial charge is 0.0918 e. The Morgan fingerprint density at radius 3 is 2.00 bits per heavy atom. The van der Waals surface area contributed by atoms with Crippen LogP contribution in [0.3, 0.4) is 0 Å². The average Bonchev–Trinajstić information content (AvgIpc) is 1.21. The summed E-state index contributed by atoms with van der Waals surface area (Å²) in [4.78, 5) is -0.318. The van der Waals surface area contributed by atoms with Crippen molar-refractivity contribution < 1.29 is 5.11 Å². The van der Waals surface area contributed by atoms with Crippen LogP contribution in [0.15, 0.2) is 0 Å². The van der Waals surface area contributed by atoms with E-state index in [1.54, 1.807) is 6.92 Å². The molecule has 1 nitrogen and oxygen atoms in total. The molecule has 0 aromatic carbocycles. The van der Waals surface area contributed by atoms with Gasteiger partial charge in [-0.2, -0.15) is 0 Å². The van der Waals surface area contributed by atoms with Crippen LogP contribution >= 0.6 is 11.6 Å². The molecule has 8 heavy (non-hydrogen) atoms. The van der Waals surface area contributed by atoms with Crippen molar-refractivity contribution in [3.05, 3.63) is 0 Å². The zero-order valence-corrected chi connectivity index (χ0v) is 6.33. The molecule has 0 amide bonds. The Bertz CT molecular complexity index is 63.4. The lowest BCUT2D eigenvalue weighted by molar-refractivity contribution is 0.0899. The first kappa shape index (κ1) is 8.25. The molecule has 0 bridgehead atoms. The molecule has 0 aromatic heterocycles. The van der Waals surface area contributed by atoms with Crippen LogP contribution in [0.2, 0.25) is 0 Å². The third-order valence-corrected chi connectivity index (χ3v) is 0.927. The third kappa shape index (κ3) is 6.25. The molecule has 0 N–H and O–H groups in total. The van der Waals surface area contributed by atoms with Gasteiger partial charge in [0.1, 0.15) is 0 Å². The number of hydrogen-bond acceptors (Lipinski definition) is 0. The van der Waals surface area contributed by atoms with Crippen molar-refractivity contribution in [2.45, 2.75) is 38.2 Å². The minimum absolute atomic E-state index is 0.318. The normalized spacial score (nSPS) is 16.1. The fourth-order valence-electron chi connectivity index (χ4n) is 0.684. The number of halogens is 1. The lowest BCUT2D eigenvalue weighted by atomic mass is 10.1.